The number of hydrogen-bond acceptors (Lipinski definition) is 3. The van der Waals surface area contributed by atoms with Gasteiger partial charge in [0.2, 0.25) is 9.70 Å². The fourth-order valence-corrected chi connectivity index (χ4v) is 2.04. The van der Waals surface area contributed by atoms with E-state index in [-0.39, 0.29) is 16.9 Å². The van der Waals surface area contributed by atoms with Crippen LogP contribution in [0, 0.1) is 5.92 Å². The summed E-state index contributed by atoms with van der Waals surface area (Å²) in [7, 11) is 1.58. The van der Waals surface area contributed by atoms with Crippen molar-refractivity contribution in [2.24, 2.45) is 5.92 Å². The van der Waals surface area contributed by atoms with Crippen molar-refractivity contribution in [2.45, 2.75) is 23.8 Å². The van der Waals surface area contributed by atoms with Gasteiger partial charge in [0.05, 0.1) is 7.11 Å². The topological polar surface area (TPSA) is 62.4 Å². The molecule has 1 aromatic rings. The molecule has 9 heteroatoms. The number of carbonyl (C=O) groups excluding carboxylic acids is 1. The highest BCUT2D eigenvalue weighted by Crippen LogP contribution is 2.29. The molecule has 0 aromatic heterocycles. The Morgan fingerprint density at radius 3 is 2.17 bits per heavy atom. The van der Waals surface area contributed by atoms with Gasteiger partial charge in [0, 0.05) is 11.6 Å². The van der Waals surface area contributed by atoms with Crippen molar-refractivity contribution < 1.29 is 9.53 Å². The van der Waals surface area contributed by atoms with E-state index in [1.165, 1.54) is 0 Å². The lowest BCUT2D eigenvalue weighted by molar-refractivity contribution is -0.124. The van der Waals surface area contributed by atoms with E-state index in [9.17, 15) is 4.79 Å². The van der Waals surface area contributed by atoms with Crippen LogP contribution in [0.3, 0.4) is 0 Å². The summed E-state index contributed by atoms with van der Waals surface area (Å²) in [5, 5.41) is 8.52. The molecule has 0 spiro atoms. The van der Waals surface area contributed by atoms with E-state index < -0.39 is 9.96 Å². The summed E-state index contributed by atoms with van der Waals surface area (Å²) in [5.74, 6) is 0.202. The summed E-state index contributed by atoms with van der Waals surface area (Å²) in [5.41, 5.74) is 0.724. The smallest absolute Gasteiger partial charge is 0.228 e. The van der Waals surface area contributed by atoms with Gasteiger partial charge < -0.3 is 20.7 Å². The van der Waals surface area contributed by atoms with Crippen molar-refractivity contribution in [3.05, 3.63) is 24.3 Å². The summed E-state index contributed by atoms with van der Waals surface area (Å²) in [6.07, 6.45) is -0.972. The Bertz CT molecular complexity index is 547. The highest BCUT2D eigenvalue weighted by molar-refractivity contribution is 7.80. The van der Waals surface area contributed by atoms with E-state index in [1.54, 1.807) is 45.2 Å². The minimum atomic E-state index is -1.77. The Morgan fingerprint density at radius 1 is 1.17 bits per heavy atom. The summed E-state index contributed by atoms with van der Waals surface area (Å²) in [6, 6.07) is 7.11. The molecule has 1 aromatic carbocycles. The Morgan fingerprint density at radius 2 is 1.74 bits per heavy atom. The number of hydrogen-bond donors (Lipinski definition) is 3. The van der Waals surface area contributed by atoms with Crippen LogP contribution in [-0.2, 0) is 4.79 Å². The molecule has 1 amide bonds. The van der Waals surface area contributed by atoms with Gasteiger partial charge in [-0.3, -0.25) is 4.79 Å². The lowest BCUT2D eigenvalue weighted by Crippen LogP contribution is -2.56. The molecular formula is C14H18Cl3N3O2S. The van der Waals surface area contributed by atoms with Gasteiger partial charge in [-0.05, 0) is 36.5 Å². The molecular weight excluding hydrogens is 381 g/mol. The van der Waals surface area contributed by atoms with E-state index in [2.05, 4.69) is 16.0 Å². The van der Waals surface area contributed by atoms with Crippen LogP contribution in [-0.4, -0.2) is 28.1 Å². The number of ether oxygens (including phenoxy) is 1. The molecule has 1 atom stereocenters. The maximum absolute atomic E-state index is 11.8. The Balaban J connectivity index is 2.70. The van der Waals surface area contributed by atoms with Crippen molar-refractivity contribution >= 4 is 63.7 Å². The van der Waals surface area contributed by atoms with Crippen LogP contribution in [0.5, 0.6) is 5.75 Å². The average Bonchev–Trinajstić information content (AvgIpc) is 2.46. The second-order valence-corrected chi connectivity index (χ2v) is 7.74. The van der Waals surface area contributed by atoms with Crippen LogP contribution in [0.1, 0.15) is 13.8 Å². The van der Waals surface area contributed by atoms with E-state index in [0.29, 0.717) is 0 Å². The molecule has 0 heterocycles. The van der Waals surface area contributed by atoms with Gasteiger partial charge in [-0.2, -0.15) is 0 Å². The summed E-state index contributed by atoms with van der Waals surface area (Å²) in [6.45, 7) is 3.47. The molecule has 128 valence electrons. The van der Waals surface area contributed by atoms with Gasteiger partial charge >= 0.3 is 0 Å². The van der Waals surface area contributed by atoms with Gasteiger partial charge in [-0.25, -0.2) is 0 Å². The van der Waals surface area contributed by atoms with E-state index in [4.69, 9.17) is 51.8 Å². The number of halogens is 3. The van der Waals surface area contributed by atoms with Gasteiger partial charge in [-0.1, -0.05) is 48.7 Å². The van der Waals surface area contributed by atoms with Crippen LogP contribution in [0.25, 0.3) is 0 Å². The Labute approximate surface area is 156 Å². The Kier molecular flexibility index (Phi) is 7.67. The van der Waals surface area contributed by atoms with Crippen LogP contribution in [0.15, 0.2) is 24.3 Å². The predicted molar refractivity (Wildman–Crippen MR) is 99.4 cm³/mol. The third-order valence-electron chi connectivity index (χ3n) is 2.76. The van der Waals surface area contributed by atoms with Crippen molar-refractivity contribution in [1.82, 2.24) is 10.6 Å². The normalized spacial score (nSPS) is 12.5. The number of anilines is 1. The van der Waals surface area contributed by atoms with Crippen molar-refractivity contribution in [2.75, 3.05) is 12.4 Å². The number of nitrogens with one attached hydrogen (secondary N) is 3. The third-order valence-corrected chi connectivity index (χ3v) is 3.64. The highest BCUT2D eigenvalue weighted by Gasteiger charge is 2.35. The molecule has 0 unspecified atom stereocenters. The van der Waals surface area contributed by atoms with Crippen LogP contribution < -0.4 is 20.7 Å². The number of carbonyl (C=O) groups is 1. The summed E-state index contributed by atoms with van der Waals surface area (Å²) >= 11 is 22.8. The van der Waals surface area contributed by atoms with E-state index >= 15 is 0 Å². The first-order valence-corrected chi connectivity index (χ1v) is 8.26. The molecule has 1 rings (SSSR count). The van der Waals surface area contributed by atoms with Gasteiger partial charge in [0.15, 0.2) is 5.11 Å². The molecule has 0 aliphatic heterocycles. The fourth-order valence-electron chi connectivity index (χ4n) is 1.48. The molecule has 0 aliphatic rings. The molecule has 0 bridgehead atoms. The fraction of sp³-hybridized carbons (Fsp3) is 0.429. The summed E-state index contributed by atoms with van der Waals surface area (Å²) in [4.78, 5) is 11.8. The number of rotatable bonds is 5. The minimum Gasteiger partial charge on any atom is -0.497 e. The molecule has 0 saturated heterocycles. The number of amides is 1. The number of methoxy groups -OCH3 is 1. The largest absolute Gasteiger partial charge is 0.497 e. The minimum absolute atomic E-state index is 0.204. The molecule has 23 heavy (non-hydrogen) atoms. The quantitative estimate of drug-likeness (QED) is 0.403. The molecule has 0 radical (unpaired) electrons. The van der Waals surface area contributed by atoms with Gasteiger partial charge in [0.1, 0.15) is 11.9 Å². The molecule has 0 aliphatic carbocycles. The zero-order valence-electron chi connectivity index (χ0n) is 12.8. The molecule has 0 saturated carbocycles. The van der Waals surface area contributed by atoms with Crippen molar-refractivity contribution in [3.8, 4) is 5.75 Å². The average molecular weight is 399 g/mol. The number of thiocarbonyl (C=S) groups is 1. The Hall–Kier alpha value is -0.950. The lowest BCUT2D eigenvalue weighted by Gasteiger charge is -2.28. The first kappa shape index (κ1) is 20.1. The zero-order valence-corrected chi connectivity index (χ0v) is 15.9. The maximum atomic E-state index is 11.8. The highest BCUT2D eigenvalue weighted by atomic mass is 35.6. The van der Waals surface area contributed by atoms with Crippen LogP contribution >= 0.6 is 47.0 Å². The van der Waals surface area contributed by atoms with Crippen LogP contribution in [0.2, 0.25) is 0 Å². The standard InChI is InChI=1S/C14H18Cl3N3O2S/c1-8(2)11(21)19-12(14(15,16)17)20-13(23)18-9-4-6-10(22-3)7-5-9/h4-8,12H,1-3H3,(H,19,21)(H2,18,20,23)/t12-/m1/s1. The lowest BCUT2D eigenvalue weighted by atomic mass is 10.2. The van der Waals surface area contributed by atoms with E-state index in [1.807, 2.05) is 0 Å². The zero-order chi connectivity index (χ0) is 17.6. The second-order valence-electron chi connectivity index (χ2n) is 4.96. The predicted octanol–water partition coefficient (Wildman–Crippen LogP) is 3.45. The molecule has 3 N–H and O–H groups in total. The first-order chi connectivity index (χ1) is 10.6. The number of benzene rings is 1. The first-order valence-electron chi connectivity index (χ1n) is 6.72. The SMILES string of the molecule is COc1ccc(NC(=S)N[C@@H](NC(=O)C(C)C)C(Cl)(Cl)Cl)cc1. The second kappa shape index (κ2) is 8.78. The van der Waals surface area contributed by atoms with E-state index in [0.717, 1.165) is 11.4 Å². The number of alkyl halides is 3. The molecule has 0 fully saturated rings. The van der Waals surface area contributed by atoms with Crippen molar-refractivity contribution in [1.29, 1.82) is 0 Å². The van der Waals surface area contributed by atoms with Gasteiger partial charge in [0.25, 0.3) is 0 Å². The van der Waals surface area contributed by atoms with Crippen molar-refractivity contribution in [3.63, 3.8) is 0 Å². The maximum Gasteiger partial charge on any atom is 0.228 e. The van der Waals surface area contributed by atoms with Gasteiger partial charge in [-0.15, -0.1) is 0 Å². The summed E-state index contributed by atoms with van der Waals surface area (Å²) < 4.78 is 3.31. The van der Waals surface area contributed by atoms with Crippen LogP contribution in [0.4, 0.5) is 5.69 Å². The molecule has 5 nitrogen and oxygen atoms in total. The third kappa shape index (κ3) is 6.99. The monoisotopic (exact) mass is 397 g/mol.